The molecule has 1 N–H and O–H groups in total. The van der Waals surface area contributed by atoms with Gasteiger partial charge in [0.15, 0.2) is 17.8 Å². The molecular weight excluding hydrogens is 433 g/mol. The molecule has 1 aromatic carbocycles. The van der Waals surface area contributed by atoms with Crippen LogP contribution in [0.4, 0.5) is 18.9 Å². The van der Waals surface area contributed by atoms with E-state index in [0.717, 1.165) is 18.5 Å². The maximum atomic E-state index is 12.7. The zero-order chi connectivity index (χ0) is 21.9. The van der Waals surface area contributed by atoms with Crippen molar-refractivity contribution in [3.63, 3.8) is 0 Å². The van der Waals surface area contributed by atoms with Gasteiger partial charge in [0.25, 0.3) is 11.8 Å². The van der Waals surface area contributed by atoms with Crippen LogP contribution >= 0.6 is 0 Å². The summed E-state index contributed by atoms with van der Waals surface area (Å²) in [5.41, 5.74) is -0.455. The first kappa shape index (κ1) is 21.4. The van der Waals surface area contributed by atoms with Gasteiger partial charge in [0, 0.05) is 31.7 Å². The molecule has 1 aliphatic heterocycles. The highest BCUT2D eigenvalue weighted by atomic mass is 32.2. The number of anilines is 1. The molecule has 0 unspecified atom stereocenters. The SMILES string of the molecule is O=C(c1ccc(N[SH](=O)=O)c(OC(F)(F)F)c1)N1CCN(C(=O)c2cocn2)CC1. The molecule has 2 aromatic rings. The van der Waals surface area contributed by atoms with Crippen LogP contribution in [0.25, 0.3) is 0 Å². The Kier molecular flexibility index (Phi) is 6.14. The number of hydrogen-bond donors (Lipinski definition) is 2. The highest BCUT2D eigenvalue weighted by Gasteiger charge is 2.33. The molecule has 0 spiro atoms. The Balaban J connectivity index is 1.72. The van der Waals surface area contributed by atoms with Crippen molar-refractivity contribution in [1.82, 2.24) is 14.8 Å². The Bertz CT molecular complexity index is 993. The normalized spacial score (nSPS) is 14.7. The quantitative estimate of drug-likeness (QED) is 0.657. The van der Waals surface area contributed by atoms with E-state index in [4.69, 9.17) is 4.42 Å². The standard InChI is InChI=1S/C16H15F3N4O6S/c17-16(18,19)29-13-7-10(1-2-11(13)21-30(26)27)14(24)22-3-5-23(6-4-22)15(25)12-8-28-9-20-12/h1-2,7-9,30H,3-6H2,(H,21,26,27). The van der Waals surface area contributed by atoms with E-state index in [1.807, 2.05) is 4.72 Å². The number of alkyl halides is 3. The van der Waals surface area contributed by atoms with Crippen molar-refractivity contribution in [1.29, 1.82) is 0 Å². The average molecular weight is 448 g/mol. The Labute approximate surface area is 169 Å². The number of nitrogens with one attached hydrogen (secondary N) is 1. The number of carbonyl (C=O) groups excluding carboxylic acids is 2. The summed E-state index contributed by atoms with van der Waals surface area (Å²) < 4.78 is 69.9. The number of benzene rings is 1. The second-order valence-corrected chi connectivity index (χ2v) is 6.82. The Hall–Kier alpha value is -3.29. The molecule has 1 saturated heterocycles. The summed E-state index contributed by atoms with van der Waals surface area (Å²) in [7, 11) is -3.24. The minimum Gasteiger partial charge on any atom is -0.451 e. The second kappa shape index (κ2) is 8.61. The van der Waals surface area contributed by atoms with Crippen molar-refractivity contribution in [3.05, 3.63) is 42.1 Å². The number of nitrogens with zero attached hydrogens (tertiary/aromatic N) is 3. The fourth-order valence-corrected chi connectivity index (χ4v) is 3.21. The smallest absolute Gasteiger partial charge is 0.451 e. The number of oxazole rings is 1. The lowest BCUT2D eigenvalue weighted by Crippen LogP contribution is -2.50. The molecule has 1 fully saturated rings. The van der Waals surface area contributed by atoms with Crippen molar-refractivity contribution >= 4 is 28.4 Å². The van der Waals surface area contributed by atoms with Gasteiger partial charge in [-0.3, -0.25) is 14.3 Å². The third-order valence-corrected chi connectivity index (χ3v) is 4.59. The van der Waals surface area contributed by atoms with Gasteiger partial charge in [-0.25, -0.2) is 13.4 Å². The topological polar surface area (TPSA) is 122 Å². The van der Waals surface area contributed by atoms with E-state index in [9.17, 15) is 31.2 Å². The first-order valence-electron chi connectivity index (χ1n) is 8.41. The number of hydrogen-bond acceptors (Lipinski definition) is 7. The lowest BCUT2D eigenvalue weighted by molar-refractivity contribution is -0.274. The van der Waals surface area contributed by atoms with Crippen LogP contribution in [0.5, 0.6) is 5.75 Å². The van der Waals surface area contributed by atoms with Gasteiger partial charge in [-0.2, -0.15) is 0 Å². The zero-order valence-corrected chi connectivity index (χ0v) is 16.0. The lowest BCUT2D eigenvalue weighted by atomic mass is 10.1. The van der Waals surface area contributed by atoms with Crippen molar-refractivity contribution < 1.29 is 40.3 Å². The first-order chi connectivity index (χ1) is 14.1. The number of ether oxygens (including phenoxy) is 1. The van der Waals surface area contributed by atoms with Crippen molar-refractivity contribution in [3.8, 4) is 5.75 Å². The van der Waals surface area contributed by atoms with Crippen LogP contribution in [0.1, 0.15) is 20.8 Å². The molecule has 2 amide bonds. The minimum atomic E-state index is -5.08. The van der Waals surface area contributed by atoms with E-state index in [1.165, 1.54) is 22.1 Å². The van der Waals surface area contributed by atoms with Gasteiger partial charge in [-0.15, -0.1) is 13.2 Å². The number of amides is 2. The first-order valence-corrected chi connectivity index (χ1v) is 9.59. The summed E-state index contributed by atoms with van der Waals surface area (Å²) in [4.78, 5) is 31.5. The zero-order valence-electron chi connectivity index (χ0n) is 15.1. The van der Waals surface area contributed by atoms with E-state index >= 15 is 0 Å². The maximum Gasteiger partial charge on any atom is 0.573 e. The van der Waals surface area contributed by atoms with E-state index in [2.05, 4.69) is 9.72 Å². The Morgan fingerprint density at radius 1 is 1.10 bits per heavy atom. The maximum absolute atomic E-state index is 12.7. The highest BCUT2D eigenvalue weighted by Crippen LogP contribution is 2.32. The highest BCUT2D eigenvalue weighted by molar-refractivity contribution is 7.73. The summed E-state index contributed by atoms with van der Waals surface area (Å²) in [6.07, 6.45) is -2.76. The van der Waals surface area contributed by atoms with E-state index in [0.29, 0.717) is 0 Å². The Morgan fingerprint density at radius 2 is 1.73 bits per heavy atom. The van der Waals surface area contributed by atoms with Gasteiger partial charge in [0.1, 0.15) is 6.26 Å². The molecule has 0 saturated carbocycles. The molecule has 0 bridgehead atoms. The van der Waals surface area contributed by atoms with E-state index < -0.39 is 34.6 Å². The number of rotatable bonds is 5. The number of piperazine rings is 1. The van der Waals surface area contributed by atoms with Crippen LogP contribution in [0.2, 0.25) is 0 Å². The van der Waals surface area contributed by atoms with E-state index in [1.54, 1.807) is 0 Å². The second-order valence-electron chi connectivity index (χ2n) is 6.09. The molecule has 1 aromatic heterocycles. The van der Waals surface area contributed by atoms with Crippen LogP contribution in [0.15, 0.2) is 35.3 Å². The van der Waals surface area contributed by atoms with Crippen LogP contribution < -0.4 is 9.46 Å². The van der Waals surface area contributed by atoms with Gasteiger partial charge in [0.05, 0.1) is 5.69 Å². The lowest BCUT2D eigenvalue weighted by Gasteiger charge is -2.34. The van der Waals surface area contributed by atoms with Crippen LogP contribution in [0, 0.1) is 0 Å². The largest absolute Gasteiger partial charge is 0.573 e. The van der Waals surface area contributed by atoms with Gasteiger partial charge in [-0.05, 0) is 18.2 Å². The molecular formula is C16H15F3N4O6S. The predicted molar refractivity (Wildman–Crippen MR) is 95.4 cm³/mol. The minimum absolute atomic E-state index is 0.128. The van der Waals surface area contributed by atoms with Crippen molar-refractivity contribution in [2.24, 2.45) is 0 Å². The van der Waals surface area contributed by atoms with Crippen LogP contribution in [0.3, 0.4) is 0 Å². The fraction of sp³-hybridized carbons (Fsp3) is 0.312. The number of carbonyl (C=O) groups is 2. The third-order valence-electron chi connectivity index (χ3n) is 4.17. The molecule has 2 heterocycles. The molecule has 1 aliphatic rings. The molecule has 30 heavy (non-hydrogen) atoms. The fourth-order valence-electron chi connectivity index (χ4n) is 2.83. The summed E-state index contributed by atoms with van der Waals surface area (Å²) in [5.74, 6) is -1.81. The molecule has 0 atom stereocenters. The number of thiol groups is 1. The molecule has 162 valence electrons. The van der Waals surface area contributed by atoms with Gasteiger partial charge < -0.3 is 19.0 Å². The van der Waals surface area contributed by atoms with Gasteiger partial charge in [0.2, 0.25) is 10.9 Å². The van der Waals surface area contributed by atoms with E-state index in [-0.39, 0.29) is 43.3 Å². The summed E-state index contributed by atoms with van der Waals surface area (Å²) in [5, 5.41) is 0. The predicted octanol–water partition coefficient (Wildman–Crippen LogP) is 1.11. The third kappa shape index (κ3) is 5.20. The summed E-state index contributed by atoms with van der Waals surface area (Å²) in [6.45, 7) is 0.674. The van der Waals surface area contributed by atoms with Crippen LogP contribution in [-0.2, 0) is 10.9 Å². The monoisotopic (exact) mass is 448 g/mol. The Morgan fingerprint density at radius 3 is 2.27 bits per heavy atom. The molecule has 3 rings (SSSR count). The molecule has 0 aliphatic carbocycles. The van der Waals surface area contributed by atoms with Gasteiger partial charge >= 0.3 is 6.36 Å². The number of halogens is 3. The van der Waals surface area contributed by atoms with Crippen molar-refractivity contribution in [2.75, 3.05) is 30.9 Å². The summed E-state index contributed by atoms with van der Waals surface area (Å²) in [6, 6.07) is 2.99. The molecule has 14 heteroatoms. The average Bonchev–Trinajstić information content (AvgIpc) is 3.21. The van der Waals surface area contributed by atoms with Crippen LogP contribution in [-0.4, -0.2) is 67.6 Å². The summed E-state index contributed by atoms with van der Waals surface area (Å²) >= 11 is 0. The molecule has 0 radical (unpaired) electrons. The van der Waals surface area contributed by atoms with Gasteiger partial charge in [-0.1, -0.05) is 0 Å². The molecule has 10 nitrogen and oxygen atoms in total. The number of aromatic nitrogens is 1. The van der Waals surface area contributed by atoms with Crippen molar-refractivity contribution in [2.45, 2.75) is 6.36 Å².